The number of rotatable bonds is 6. The zero-order valence-corrected chi connectivity index (χ0v) is 22.7. The normalized spacial score (nSPS) is 27.8. The van der Waals surface area contributed by atoms with E-state index in [1.54, 1.807) is 7.05 Å². The van der Waals surface area contributed by atoms with Gasteiger partial charge in [-0.3, -0.25) is 4.99 Å². The van der Waals surface area contributed by atoms with Gasteiger partial charge in [0.25, 0.3) is 0 Å². The van der Waals surface area contributed by atoms with E-state index in [0.29, 0.717) is 29.9 Å². The quantitative estimate of drug-likeness (QED) is 0.152. The molecule has 0 aromatic carbocycles. The Morgan fingerprint density at radius 3 is 1.83 bits per heavy atom. The number of carbonyl (C=O) groups is 2. The minimum atomic E-state index is -0.317. The maximum absolute atomic E-state index is 11.7. The van der Waals surface area contributed by atoms with Gasteiger partial charge in [-0.15, -0.1) is 0 Å². The van der Waals surface area contributed by atoms with Gasteiger partial charge in [-0.25, -0.2) is 14.6 Å². The fourth-order valence-corrected chi connectivity index (χ4v) is 4.78. The second-order valence-corrected chi connectivity index (χ2v) is 8.82. The molecule has 204 valence electrons. The van der Waals surface area contributed by atoms with Crippen molar-refractivity contribution in [2.24, 2.45) is 33.3 Å². The third-order valence-corrected chi connectivity index (χ3v) is 6.44. The van der Waals surface area contributed by atoms with Gasteiger partial charge in [0.2, 0.25) is 0 Å². The first-order chi connectivity index (χ1) is 17.1. The van der Waals surface area contributed by atoms with Crippen LogP contribution in [0.5, 0.6) is 0 Å². The summed E-state index contributed by atoms with van der Waals surface area (Å²) in [6.45, 7) is 4.10. The van der Waals surface area contributed by atoms with Crippen molar-refractivity contribution in [1.82, 2.24) is 21.3 Å². The number of carbonyl (C=O) groups excluding carboxylic acids is 2. The van der Waals surface area contributed by atoms with Crippen LogP contribution in [0.15, 0.2) is 33.3 Å². The van der Waals surface area contributed by atoms with Gasteiger partial charge in [0, 0.05) is 56.2 Å². The van der Waals surface area contributed by atoms with Crippen LogP contribution in [-0.4, -0.2) is 90.4 Å². The number of esters is 2. The fraction of sp³-hybridized carbons (Fsp3) is 0.667. The Hall–Kier alpha value is -3.12. The van der Waals surface area contributed by atoms with Crippen molar-refractivity contribution in [3.8, 4) is 0 Å². The van der Waals surface area contributed by atoms with Crippen molar-refractivity contribution in [2.75, 3.05) is 42.4 Å². The van der Waals surface area contributed by atoms with Crippen LogP contribution in [0.25, 0.3) is 0 Å². The fourth-order valence-electron chi connectivity index (χ4n) is 4.78. The molecule has 0 heterocycles. The first-order valence-electron chi connectivity index (χ1n) is 12.0. The molecule has 2 aliphatic rings. The first kappa shape index (κ1) is 30.9. The predicted molar refractivity (Wildman–Crippen MR) is 142 cm³/mol. The third-order valence-electron chi connectivity index (χ3n) is 6.44. The van der Waals surface area contributed by atoms with E-state index in [0.717, 1.165) is 0 Å². The lowest BCUT2D eigenvalue weighted by molar-refractivity contribution is -0.137. The second kappa shape index (κ2) is 15.1. The van der Waals surface area contributed by atoms with Gasteiger partial charge in [0.15, 0.2) is 11.9 Å². The molecule has 12 heteroatoms. The van der Waals surface area contributed by atoms with Crippen LogP contribution in [0.2, 0.25) is 0 Å². The lowest BCUT2D eigenvalue weighted by Gasteiger charge is -2.36. The Kier molecular flexibility index (Phi) is 13.0. The Bertz CT molecular complexity index is 866. The number of hydrogen-bond donors (Lipinski definition) is 6. The number of guanidine groups is 2. The highest BCUT2D eigenvalue weighted by atomic mass is 16.5. The van der Waals surface area contributed by atoms with E-state index in [-0.39, 0.29) is 53.9 Å². The molecule has 12 nitrogen and oxygen atoms in total. The molecule has 0 bridgehead atoms. The molecule has 0 aromatic rings. The van der Waals surface area contributed by atoms with E-state index >= 15 is 0 Å². The Morgan fingerprint density at radius 2 is 1.42 bits per heavy atom. The van der Waals surface area contributed by atoms with Gasteiger partial charge in [-0.2, -0.15) is 0 Å². The summed E-state index contributed by atoms with van der Waals surface area (Å²) >= 11 is 0. The largest absolute Gasteiger partial charge is 0.466 e. The molecule has 8 N–H and O–H groups in total. The summed E-state index contributed by atoms with van der Waals surface area (Å²) in [5.41, 5.74) is 12.1. The summed E-state index contributed by atoms with van der Waals surface area (Å²) in [5, 5.41) is 12.8. The summed E-state index contributed by atoms with van der Waals surface area (Å²) < 4.78 is 9.53. The number of nitrogens with one attached hydrogen (secondary N) is 4. The van der Waals surface area contributed by atoms with Crippen LogP contribution < -0.4 is 32.7 Å². The van der Waals surface area contributed by atoms with Gasteiger partial charge in [0.1, 0.15) is 0 Å². The molecule has 2 rings (SSSR count). The Labute approximate surface area is 214 Å². The molecule has 0 saturated heterocycles. The second-order valence-electron chi connectivity index (χ2n) is 8.82. The SMILES string of the molecule is CN=C(NC)NC1CC(C(=O)OC)=C[C@@H](C)C1NC.CNC1C(N=C(N)N)CC(C(=O)OC)=C[C@H]1C. The molecule has 2 aliphatic carbocycles. The number of nitrogens with two attached hydrogens (primary N) is 2. The zero-order valence-electron chi connectivity index (χ0n) is 22.7. The molecule has 0 radical (unpaired) electrons. The standard InChI is InChI=1S/C13H24N4O2.C11H20N4O2/c1-8-6-9(12(18)19-5)7-10(11(8)14-2)17-13(15-3)16-4;1-6-4-7(10(16)17-3)5-8(9(6)14-2)15-11(12)13/h6,8,10-11,14H,7H2,1-5H3,(H2,15,16,17);4,6,8-9,14H,5H2,1-3H3,(H4,12,13,15)/t8-,10?,11?;6-,8?,9?/m11/s1. The molecule has 0 spiro atoms. The van der Waals surface area contributed by atoms with E-state index in [2.05, 4.69) is 38.2 Å². The van der Waals surface area contributed by atoms with Gasteiger partial charge < -0.3 is 42.2 Å². The molecule has 0 saturated carbocycles. The highest BCUT2D eigenvalue weighted by molar-refractivity contribution is 5.89. The third kappa shape index (κ3) is 8.52. The molecular weight excluding hydrogens is 464 g/mol. The Balaban J connectivity index is 0.000000362. The minimum absolute atomic E-state index is 0.0357. The number of nitrogens with zero attached hydrogens (tertiary/aromatic N) is 2. The monoisotopic (exact) mass is 508 g/mol. The first-order valence-corrected chi connectivity index (χ1v) is 12.0. The summed E-state index contributed by atoms with van der Waals surface area (Å²) in [6.07, 6.45) is 4.99. The number of aliphatic imine (C=N–C) groups is 2. The summed E-state index contributed by atoms with van der Waals surface area (Å²) in [7, 11) is 10.1. The highest BCUT2D eigenvalue weighted by Gasteiger charge is 2.33. The molecule has 0 aromatic heterocycles. The minimum Gasteiger partial charge on any atom is -0.466 e. The van der Waals surface area contributed by atoms with Gasteiger partial charge >= 0.3 is 11.9 Å². The van der Waals surface area contributed by atoms with Crippen molar-refractivity contribution in [2.45, 2.75) is 50.9 Å². The topological polar surface area (TPSA) is 177 Å². The summed E-state index contributed by atoms with van der Waals surface area (Å²) in [4.78, 5) is 31.5. The molecule has 4 unspecified atom stereocenters. The Morgan fingerprint density at radius 1 is 0.917 bits per heavy atom. The van der Waals surface area contributed by atoms with Crippen LogP contribution in [0.1, 0.15) is 26.7 Å². The van der Waals surface area contributed by atoms with Crippen molar-refractivity contribution in [3.63, 3.8) is 0 Å². The lowest BCUT2D eigenvalue weighted by Crippen LogP contribution is -2.56. The average molecular weight is 509 g/mol. The van der Waals surface area contributed by atoms with Crippen LogP contribution in [0, 0.1) is 11.8 Å². The van der Waals surface area contributed by atoms with Crippen molar-refractivity contribution < 1.29 is 19.1 Å². The molecule has 0 fully saturated rings. The highest BCUT2D eigenvalue weighted by Crippen LogP contribution is 2.27. The summed E-state index contributed by atoms with van der Waals surface area (Å²) in [6, 6.07) is 0.299. The van der Waals surface area contributed by atoms with Gasteiger partial charge in [-0.05, 0) is 25.9 Å². The molecule has 6 atom stereocenters. The molecule has 0 amide bonds. The zero-order chi connectivity index (χ0) is 27.4. The lowest BCUT2D eigenvalue weighted by atomic mass is 9.83. The number of methoxy groups -OCH3 is 2. The average Bonchev–Trinajstić information content (AvgIpc) is 2.85. The molecule has 0 aliphatic heterocycles. The van der Waals surface area contributed by atoms with E-state index in [9.17, 15) is 9.59 Å². The van der Waals surface area contributed by atoms with Crippen LogP contribution in [0.4, 0.5) is 0 Å². The van der Waals surface area contributed by atoms with Crippen molar-refractivity contribution in [1.29, 1.82) is 0 Å². The smallest absolute Gasteiger partial charge is 0.333 e. The van der Waals surface area contributed by atoms with E-state index in [1.807, 2.05) is 40.2 Å². The maximum Gasteiger partial charge on any atom is 0.333 e. The van der Waals surface area contributed by atoms with Crippen LogP contribution >= 0.6 is 0 Å². The number of hydrogen-bond acceptors (Lipinski definition) is 8. The van der Waals surface area contributed by atoms with Crippen LogP contribution in [-0.2, 0) is 19.1 Å². The molecular formula is C24H44N8O4. The number of likely N-dealkylation sites (N-methyl/N-ethyl adjacent to an activating group) is 2. The van der Waals surface area contributed by atoms with Gasteiger partial charge in [-0.1, -0.05) is 26.0 Å². The van der Waals surface area contributed by atoms with E-state index < -0.39 is 0 Å². The maximum atomic E-state index is 11.7. The summed E-state index contributed by atoms with van der Waals surface area (Å²) in [5.74, 6) is 0.572. The van der Waals surface area contributed by atoms with Crippen LogP contribution in [0.3, 0.4) is 0 Å². The predicted octanol–water partition coefficient (Wildman–Crippen LogP) is -0.767. The van der Waals surface area contributed by atoms with Crippen molar-refractivity contribution >= 4 is 23.9 Å². The van der Waals surface area contributed by atoms with Crippen molar-refractivity contribution in [3.05, 3.63) is 23.3 Å². The van der Waals surface area contributed by atoms with E-state index in [4.69, 9.17) is 20.9 Å². The number of ether oxygens (including phenoxy) is 2. The van der Waals surface area contributed by atoms with E-state index in [1.165, 1.54) is 14.2 Å². The van der Waals surface area contributed by atoms with Gasteiger partial charge in [0.05, 0.1) is 20.3 Å². The molecule has 36 heavy (non-hydrogen) atoms.